The first kappa shape index (κ1) is 9.27. The molecule has 2 rings (SSSR count). The van der Waals surface area contributed by atoms with Crippen molar-refractivity contribution in [2.24, 2.45) is 0 Å². The van der Waals surface area contributed by atoms with Gasteiger partial charge in [-0.1, -0.05) is 34.1 Å². The van der Waals surface area contributed by atoms with Gasteiger partial charge in [0.1, 0.15) is 11.6 Å². The molecule has 72 valence electrons. The van der Waals surface area contributed by atoms with Crippen LogP contribution >= 0.6 is 15.9 Å². The smallest absolute Gasteiger partial charge is 0.149 e. The molecule has 0 amide bonds. The molecule has 0 bridgehead atoms. The molecule has 0 saturated carbocycles. The number of imidazole rings is 1. The fraction of sp³-hybridized carbons (Fsp3) is 0.100. The van der Waals surface area contributed by atoms with E-state index in [0.29, 0.717) is 5.82 Å². The Hall–Kier alpha value is -1.29. The van der Waals surface area contributed by atoms with E-state index in [1.807, 2.05) is 31.2 Å². The van der Waals surface area contributed by atoms with E-state index >= 15 is 0 Å². The lowest BCUT2D eigenvalue weighted by atomic mass is 10.1. The Kier molecular flexibility index (Phi) is 2.29. The predicted molar refractivity (Wildman–Crippen MR) is 60.9 cm³/mol. The predicted octanol–water partition coefficient (Wildman–Crippen LogP) is 2.73. The second kappa shape index (κ2) is 3.46. The largest absolute Gasteiger partial charge is 0.382 e. The summed E-state index contributed by atoms with van der Waals surface area (Å²) in [5.74, 6) is 1.36. The third-order valence-electron chi connectivity index (χ3n) is 1.99. The summed E-state index contributed by atoms with van der Waals surface area (Å²) < 4.78 is 1.01. The van der Waals surface area contributed by atoms with Crippen LogP contribution in [0.15, 0.2) is 28.7 Å². The number of anilines is 1. The average molecular weight is 252 g/mol. The minimum atomic E-state index is 0.536. The SMILES string of the molecule is Cc1nc(N)c(-c2ccccc2Br)[nH]1. The summed E-state index contributed by atoms with van der Waals surface area (Å²) in [6.45, 7) is 1.89. The zero-order valence-corrected chi connectivity index (χ0v) is 9.30. The lowest BCUT2D eigenvalue weighted by molar-refractivity contribution is 1.15. The van der Waals surface area contributed by atoms with Crippen LogP contribution in [0.5, 0.6) is 0 Å². The molecule has 1 aromatic carbocycles. The summed E-state index contributed by atoms with van der Waals surface area (Å²) in [7, 11) is 0. The van der Waals surface area contributed by atoms with Gasteiger partial charge < -0.3 is 10.7 Å². The summed E-state index contributed by atoms with van der Waals surface area (Å²) in [5.41, 5.74) is 7.68. The number of halogens is 1. The lowest BCUT2D eigenvalue weighted by Gasteiger charge is -2.01. The molecule has 3 nitrogen and oxygen atoms in total. The molecule has 0 unspecified atom stereocenters. The van der Waals surface area contributed by atoms with Crippen LogP contribution in [0.25, 0.3) is 11.3 Å². The Bertz CT molecular complexity index is 462. The van der Waals surface area contributed by atoms with E-state index < -0.39 is 0 Å². The van der Waals surface area contributed by atoms with Crippen LogP contribution in [-0.2, 0) is 0 Å². The van der Waals surface area contributed by atoms with Crippen molar-refractivity contribution < 1.29 is 0 Å². The van der Waals surface area contributed by atoms with Gasteiger partial charge in [0.15, 0.2) is 0 Å². The van der Waals surface area contributed by atoms with Gasteiger partial charge in [0.25, 0.3) is 0 Å². The van der Waals surface area contributed by atoms with Crippen molar-refractivity contribution in [3.05, 3.63) is 34.6 Å². The Labute approximate surface area is 90.5 Å². The molecule has 0 aliphatic carbocycles. The molecule has 0 fully saturated rings. The number of hydrogen-bond acceptors (Lipinski definition) is 2. The van der Waals surface area contributed by atoms with Crippen molar-refractivity contribution in [2.75, 3.05) is 5.73 Å². The summed E-state index contributed by atoms with van der Waals surface area (Å²) in [6, 6.07) is 7.90. The quantitative estimate of drug-likeness (QED) is 0.819. The van der Waals surface area contributed by atoms with Crippen molar-refractivity contribution in [1.82, 2.24) is 9.97 Å². The number of aromatic amines is 1. The van der Waals surface area contributed by atoms with Crippen LogP contribution in [0.1, 0.15) is 5.82 Å². The first-order chi connectivity index (χ1) is 6.68. The zero-order chi connectivity index (χ0) is 10.1. The number of H-pyrrole nitrogens is 1. The fourth-order valence-corrected chi connectivity index (χ4v) is 1.86. The number of benzene rings is 1. The normalized spacial score (nSPS) is 10.4. The van der Waals surface area contributed by atoms with E-state index in [-0.39, 0.29) is 0 Å². The number of aryl methyl sites for hydroxylation is 1. The van der Waals surface area contributed by atoms with Gasteiger partial charge in [-0.15, -0.1) is 0 Å². The standard InChI is InChI=1S/C10H10BrN3/c1-6-13-9(10(12)14-6)7-4-2-3-5-8(7)11/h2-5H,12H2,1H3,(H,13,14). The molecule has 14 heavy (non-hydrogen) atoms. The van der Waals surface area contributed by atoms with Crippen LogP contribution in [-0.4, -0.2) is 9.97 Å². The van der Waals surface area contributed by atoms with E-state index in [1.165, 1.54) is 0 Å². The van der Waals surface area contributed by atoms with Crippen LogP contribution in [0.4, 0.5) is 5.82 Å². The second-order valence-corrected chi connectivity index (χ2v) is 3.92. The van der Waals surface area contributed by atoms with Gasteiger partial charge >= 0.3 is 0 Å². The Morgan fingerprint density at radius 2 is 2.07 bits per heavy atom. The maximum atomic E-state index is 5.78. The molecule has 2 aromatic rings. The molecule has 4 heteroatoms. The number of nitrogen functional groups attached to an aromatic ring is 1. The number of nitrogens with zero attached hydrogens (tertiary/aromatic N) is 1. The summed E-state index contributed by atoms with van der Waals surface area (Å²) in [5, 5.41) is 0. The second-order valence-electron chi connectivity index (χ2n) is 3.06. The number of nitrogens with two attached hydrogens (primary N) is 1. The van der Waals surface area contributed by atoms with Gasteiger partial charge in [0.05, 0.1) is 5.69 Å². The molecule has 0 spiro atoms. The Balaban J connectivity index is 2.60. The molecule has 3 N–H and O–H groups in total. The molecule has 0 aliphatic rings. The first-order valence-corrected chi connectivity index (χ1v) is 5.05. The van der Waals surface area contributed by atoms with Crippen molar-refractivity contribution in [1.29, 1.82) is 0 Å². The van der Waals surface area contributed by atoms with Crippen LogP contribution in [0.2, 0.25) is 0 Å². The lowest BCUT2D eigenvalue weighted by Crippen LogP contribution is -1.88. The number of nitrogens with one attached hydrogen (secondary N) is 1. The topological polar surface area (TPSA) is 54.7 Å². The molecule has 1 aromatic heterocycles. The van der Waals surface area contributed by atoms with E-state index in [4.69, 9.17) is 5.73 Å². The third kappa shape index (κ3) is 1.53. The van der Waals surface area contributed by atoms with Gasteiger partial charge in [-0.25, -0.2) is 4.98 Å². The van der Waals surface area contributed by atoms with Crippen molar-refractivity contribution in [2.45, 2.75) is 6.92 Å². The number of aromatic nitrogens is 2. The number of hydrogen-bond donors (Lipinski definition) is 2. The summed E-state index contributed by atoms with van der Waals surface area (Å²) in [4.78, 5) is 7.27. The maximum absolute atomic E-state index is 5.78. The molecule has 1 heterocycles. The van der Waals surface area contributed by atoms with E-state index in [9.17, 15) is 0 Å². The number of rotatable bonds is 1. The Morgan fingerprint density at radius 1 is 1.36 bits per heavy atom. The van der Waals surface area contributed by atoms with Crippen LogP contribution in [0, 0.1) is 6.92 Å². The van der Waals surface area contributed by atoms with E-state index in [0.717, 1.165) is 21.6 Å². The van der Waals surface area contributed by atoms with Gasteiger partial charge in [-0.2, -0.15) is 0 Å². The molecule has 0 atom stereocenters. The van der Waals surface area contributed by atoms with Crippen LogP contribution in [0.3, 0.4) is 0 Å². The highest BCUT2D eigenvalue weighted by atomic mass is 79.9. The van der Waals surface area contributed by atoms with Gasteiger partial charge in [0.2, 0.25) is 0 Å². The highest BCUT2D eigenvalue weighted by Crippen LogP contribution is 2.29. The minimum absolute atomic E-state index is 0.536. The zero-order valence-electron chi connectivity index (χ0n) is 7.71. The maximum Gasteiger partial charge on any atom is 0.149 e. The van der Waals surface area contributed by atoms with Gasteiger partial charge in [-0.3, -0.25) is 0 Å². The molecular weight excluding hydrogens is 242 g/mol. The molecule has 0 aliphatic heterocycles. The minimum Gasteiger partial charge on any atom is -0.382 e. The first-order valence-electron chi connectivity index (χ1n) is 4.25. The molecular formula is C10H10BrN3. The molecule has 0 radical (unpaired) electrons. The van der Waals surface area contributed by atoms with Gasteiger partial charge in [-0.05, 0) is 13.0 Å². The highest BCUT2D eigenvalue weighted by Gasteiger charge is 2.09. The van der Waals surface area contributed by atoms with E-state index in [1.54, 1.807) is 0 Å². The van der Waals surface area contributed by atoms with Gasteiger partial charge in [0, 0.05) is 10.0 Å². The van der Waals surface area contributed by atoms with Crippen molar-refractivity contribution >= 4 is 21.7 Å². The monoisotopic (exact) mass is 251 g/mol. The van der Waals surface area contributed by atoms with Crippen LogP contribution < -0.4 is 5.73 Å². The summed E-state index contributed by atoms with van der Waals surface area (Å²) >= 11 is 3.47. The summed E-state index contributed by atoms with van der Waals surface area (Å²) in [6.07, 6.45) is 0. The Morgan fingerprint density at radius 3 is 2.64 bits per heavy atom. The molecule has 0 saturated heterocycles. The van der Waals surface area contributed by atoms with Crippen molar-refractivity contribution in [3.63, 3.8) is 0 Å². The third-order valence-corrected chi connectivity index (χ3v) is 2.68. The highest BCUT2D eigenvalue weighted by molar-refractivity contribution is 9.10. The fourth-order valence-electron chi connectivity index (χ4n) is 1.38. The van der Waals surface area contributed by atoms with E-state index in [2.05, 4.69) is 25.9 Å². The van der Waals surface area contributed by atoms with Crippen molar-refractivity contribution in [3.8, 4) is 11.3 Å². The average Bonchev–Trinajstić information content (AvgIpc) is 2.46.